The van der Waals surface area contributed by atoms with E-state index in [-0.39, 0.29) is 12.1 Å². The van der Waals surface area contributed by atoms with Crippen LogP contribution in [-0.2, 0) is 4.74 Å². The van der Waals surface area contributed by atoms with Crippen molar-refractivity contribution in [3.05, 3.63) is 0 Å². The van der Waals surface area contributed by atoms with Gasteiger partial charge in [0.1, 0.15) is 0 Å². The van der Waals surface area contributed by atoms with Crippen molar-refractivity contribution in [3.8, 4) is 0 Å². The third-order valence-corrected chi connectivity index (χ3v) is 4.31. The summed E-state index contributed by atoms with van der Waals surface area (Å²) >= 11 is 0. The van der Waals surface area contributed by atoms with Crippen molar-refractivity contribution in [2.45, 2.75) is 56.3 Å². The Bertz CT molecular complexity index is 252. The average molecular weight is 240 g/mol. The average Bonchev–Trinajstić information content (AvgIpc) is 3.11. The molecule has 0 spiro atoms. The van der Waals surface area contributed by atoms with Gasteiger partial charge >= 0.3 is 0 Å². The molecule has 4 nitrogen and oxygen atoms in total. The molecular weight excluding hydrogens is 216 g/mol. The molecule has 3 atom stereocenters. The van der Waals surface area contributed by atoms with Gasteiger partial charge < -0.3 is 15.2 Å². The largest absolute Gasteiger partial charge is 0.389 e. The fourth-order valence-corrected chi connectivity index (χ4v) is 3.14. The van der Waals surface area contributed by atoms with Crippen molar-refractivity contribution in [2.75, 3.05) is 26.3 Å². The molecule has 0 bridgehead atoms. The summed E-state index contributed by atoms with van der Waals surface area (Å²) in [6, 6.07) is 1.57. The summed E-state index contributed by atoms with van der Waals surface area (Å²) in [5.74, 6) is 0. The molecule has 1 aliphatic carbocycles. The molecule has 2 heterocycles. The number of ether oxygens (including phenoxy) is 1. The van der Waals surface area contributed by atoms with Gasteiger partial charge in [-0.3, -0.25) is 4.90 Å². The quantitative estimate of drug-likeness (QED) is 0.744. The fraction of sp³-hybridized carbons (Fsp3) is 1.00. The topological polar surface area (TPSA) is 44.7 Å². The Morgan fingerprint density at radius 3 is 2.65 bits per heavy atom. The molecule has 3 unspecified atom stereocenters. The molecule has 2 aliphatic heterocycles. The first-order chi connectivity index (χ1) is 8.34. The van der Waals surface area contributed by atoms with Crippen molar-refractivity contribution in [3.63, 3.8) is 0 Å². The van der Waals surface area contributed by atoms with E-state index in [1.807, 2.05) is 0 Å². The lowest BCUT2D eigenvalue weighted by molar-refractivity contribution is 0.0681. The number of hydrogen-bond acceptors (Lipinski definition) is 4. The van der Waals surface area contributed by atoms with Gasteiger partial charge in [0.05, 0.1) is 25.4 Å². The van der Waals surface area contributed by atoms with Crippen molar-refractivity contribution < 1.29 is 9.84 Å². The van der Waals surface area contributed by atoms with E-state index in [0.29, 0.717) is 25.3 Å². The van der Waals surface area contributed by atoms with Gasteiger partial charge in [0.15, 0.2) is 0 Å². The third-order valence-electron chi connectivity index (χ3n) is 4.31. The molecule has 0 aromatic heterocycles. The van der Waals surface area contributed by atoms with Crippen LogP contribution in [-0.4, -0.2) is 60.5 Å². The predicted molar refractivity (Wildman–Crippen MR) is 66.0 cm³/mol. The molecule has 2 saturated heterocycles. The molecule has 0 radical (unpaired) electrons. The van der Waals surface area contributed by atoms with Crippen LogP contribution in [0.3, 0.4) is 0 Å². The van der Waals surface area contributed by atoms with Crippen molar-refractivity contribution in [2.24, 2.45) is 0 Å². The van der Waals surface area contributed by atoms with Crippen molar-refractivity contribution in [1.29, 1.82) is 0 Å². The van der Waals surface area contributed by atoms with E-state index in [1.54, 1.807) is 0 Å². The van der Waals surface area contributed by atoms with E-state index >= 15 is 0 Å². The van der Waals surface area contributed by atoms with E-state index in [1.165, 1.54) is 32.1 Å². The summed E-state index contributed by atoms with van der Waals surface area (Å²) in [7, 11) is 0. The highest BCUT2D eigenvalue weighted by atomic mass is 16.5. The number of nitrogens with zero attached hydrogens (tertiary/aromatic N) is 1. The predicted octanol–water partition coefficient (Wildman–Crippen LogP) is 0.353. The normalized spacial score (nSPS) is 38.8. The third kappa shape index (κ3) is 2.81. The number of aliphatic hydroxyl groups is 1. The number of hydrogen-bond donors (Lipinski definition) is 2. The van der Waals surface area contributed by atoms with E-state index in [2.05, 4.69) is 10.2 Å². The van der Waals surface area contributed by atoms with Gasteiger partial charge in [-0.1, -0.05) is 6.42 Å². The van der Waals surface area contributed by atoms with Crippen LogP contribution in [0, 0.1) is 0 Å². The van der Waals surface area contributed by atoms with Crippen LogP contribution in [0.5, 0.6) is 0 Å². The number of rotatable bonds is 4. The molecule has 1 saturated carbocycles. The summed E-state index contributed by atoms with van der Waals surface area (Å²) in [6.07, 6.45) is 6.27. The maximum atomic E-state index is 9.98. The van der Waals surface area contributed by atoms with Gasteiger partial charge in [-0.15, -0.1) is 0 Å². The molecule has 0 aromatic carbocycles. The highest BCUT2D eigenvalue weighted by Crippen LogP contribution is 2.31. The SMILES string of the molecule is OC1COCC1N(CC1CCCCN1)C1CC1. The summed E-state index contributed by atoms with van der Waals surface area (Å²) in [5.41, 5.74) is 0. The van der Waals surface area contributed by atoms with Gasteiger partial charge in [-0.05, 0) is 32.2 Å². The lowest BCUT2D eigenvalue weighted by atomic mass is 10.0. The molecular formula is C13H24N2O2. The monoisotopic (exact) mass is 240 g/mol. The lowest BCUT2D eigenvalue weighted by Crippen LogP contribution is -2.51. The van der Waals surface area contributed by atoms with E-state index in [9.17, 15) is 5.11 Å². The van der Waals surface area contributed by atoms with Gasteiger partial charge in [0.2, 0.25) is 0 Å². The van der Waals surface area contributed by atoms with Crippen LogP contribution < -0.4 is 5.32 Å². The molecule has 0 amide bonds. The summed E-state index contributed by atoms with van der Waals surface area (Å²) in [4.78, 5) is 2.51. The molecule has 3 fully saturated rings. The second kappa shape index (κ2) is 5.22. The molecule has 98 valence electrons. The minimum absolute atomic E-state index is 0.242. The van der Waals surface area contributed by atoms with Crippen LogP contribution in [0.2, 0.25) is 0 Å². The number of nitrogens with one attached hydrogen (secondary N) is 1. The van der Waals surface area contributed by atoms with Gasteiger partial charge in [0, 0.05) is 18.6 Å². The van der Waals surface area contributed by atoms with Crippen LogP contribution in [0.25, 0.3) is 0 Å². The minimum atomic E-state index is -0.279. The standard InChI is InChI=1S/C13H24N2O2/c16-13-9-17-8-12(13)15(11-4-5-11)7-10-3-1-2-6-14-10/h10-14,16H,1-9H2. The minimum Gasteiger partial charge on any atom is -0.389 e. The Labute approximate surface area is 103 Å². The van der Waals surface area contributed by atoms with E-state index < -0.39 is 0 Å². The Hall–Kier alpha value is -0.160. The maximum Gasteiger partial charge on any atom is 0.0950 e. The van der Waals surface area contributed by atoms with Gasteiger partial charge in [-0.25, -0.2) is 0 Å². The molecule has 3 rings (SSSR count). The lowest BCUT2D eigenvalue weighted by Gasteiger charge is -2.35. The van der Waals surface area contributed by atoms with Crippen molar-refractivity contribution in [1.82, 2.24) is 10.2 Å². The molecule has 2 N–H and O–H groups in total. The van der Waals surface area contributed by atoms with Crippen LogP contribution >= 0.6 is 0 Å². The first-order valence-corrected chi connectivity index (χ1v) is 7.09. The van der Waals surface area contributed by atoms with E-state index in [0.717, 1.165) is 13.1 Å². The first-order valence-electron chi connectivity index (χ1n) is 7.09. The first kappa shape index (κ1) is 11.9. The second-order valence-electron chi connectivity index (χ2n) is 5.75. The Morgan fingerprint density at radius 2 is 2.06 bits per heavy atom. The Kier molecular flexibility index (Phi) is 3.66. The Balaban J connectivity index is 1.59. The second-order valence-corrected chi connectivity index (χ2v) is 5.75. The van der Waals surface area contributed by atoms with Gasteiger partial charge in [0.25, 0.3) is 0 Å². The van der Waals surface area contributed by atoms with Crippen molar-refractivity contribution >= 4 is 0 Å². The molecule has 3 aliphatic rings. The number of aliphatic hydroxyl groups excluding tert-OH is 1. The van der Waals surface area contributed by atoms with Crippen LogP contribution in [0.1, 0.15) is 32.1 Å². The molecule has 17 heavy (non-hydrogen) atoms. The van der Waals surface area contributed by atoms with Crippen LogP contribution in [0.4, 0.5) is 0 Å². The summed E-state index contributed by atoms with van der Waals surface area (Å²) < 4.78 is 5.41. The molecule has 4 heteroatoms. The van der Waals surface area contributed by atoms with E-state index in [4.69, 9.17) is 4.74 Å². The zero-order valence-corrected chi connectivity index (χ0v) is 10.5. The zero-order chi connectivity index (χ0) is 11.7. The fourth-order valence-electron chi connectivity index (χ4n) is 3.14. The maximum absolute atomic E-state index is 9.98. The van der Waals surface area contributed by atoms with Crippen LogP contribution in [0.15, 0.2) is 0 Å². The smallest absolute Gasteiger partial charge is 0.0950 e. The highest BCUT2D eigenvalue weighted by molar-refractivity contribution is 4.95. The number of piperidine rings is 1. The summed E-state index contributed by atoms with van der Waals surface area (Å²) in [6.45, 7) is 3.49. The summed E-state index contributed by atoms with van der Waals surface area (Å²) in [5, 5.41) is 13.6. The highest BCUT2D eigenvalue weighted by Gasteiger charge is 2.40. The zero-order valence-electron chi connectivity index (χ0n) is 10.5. The molecule has 0 aromatic rings. The Morgan fingerprint density at radius 1 is 1.18 bits per heavy atom. The van der Waals surface area contributed by atoms with Gasteiger partial charge in [-0.2, -0.15) is 0 Å².